The predicted molar refractivity (Wildman–Crippen MR) is 146 cm³/mol. The Morgan fingerprint density at radius 1 is 0.972 bits per heavy atom. The summed E-state index contributed by atoms with van der Waals surface area (Å²) in [4.78, 5) is 32.1. The summed E-state index contributed by atoms with van der Waals surface area (Å²) in [6.07, 6.45) is 1.98. The van der Waals surface area contributed by atoms with Gasteiger partial charge in [-0.25, -0.2) is 0 Å². The molecule has 6 nitrogen and oxygen atoms in total. The Morgan fingerprint density at radius 2 is 1.75 bits per heavy atom. The van der Waals surface area contributed by atoms with Crippen molar-refractivity contribution >= 4 is 35.0 Å². The molecule has 1 fully saturated rings. The van der Waals surface area contributed by atoms with Crippen LogP contribution in [0.1, 0.15) is 39.6 Å². The number of fused-ring (bicyclic) bond motifs is 2. The maximum absolute atomic E-state index is 12.8. The van der Waals surface area contributed by atoms with Crippen molar-refractivity contribution in [2.45, 2.75) is 29.6 Å². The Kier molecular flexibility index (Phi) is 7.58. The molecule has 3 aromatic carbocycles. The van der Waals surface area contributed by atoms with Gasteiger partial charge in [0.1, 0.15) is 0 Å². The number of amides is 2. The minimum Gasteiger partial charge on any atom is -0.369 e. The first-order chi connectivity index (χ1) is 17.6. The lowest BCUT2D eigenvalue weighted by molar-refractivity contribution is 0.0950. The van der Waals surface area contributed by atoms with Gasteiger partial charge < -0.3 is 15.5 Å². The molecule has 2 amide bonds. The van der Waals surface area contributed by atoms with E-state index in [0.717, 1.165) is 55.4 Å². The zero-order valence-corrected chi connectivity index (χ0v) is 21.4. The molecule has 0 spiro atoms. The molecule has 5 rings (SSSR count). The van der Waals surface area contributed by atoms with Gasteiger partial charge in [0.15, 0.2) is 0 Å². The number of piperazine rings is 1. The first-order valence-corrected chi connectivity index (χ1v) is 13.5. The van der Waals surface area contributed by atoms with Gasteiger partial charge in [0, 0.05) is 53.8 Å². The monoisotopic (exact) mass is 500 g/mol. The number of nitrogens with zero attached hydrogens (tertiary/aromatic N) is 2. The van der Waals surface area contributed by atoms with Gasteiger partial charge in [-0.15, -0.1) is 0 Å². The van der Waals surface area contributed by atoms with E-state index in [1.54, 1.807) is 17.8 Å². The molecule has 0 aromatic heterocycles. The molecule has 0 radical (unpaired) electrons. The largest absolute Gasteiger partial charge is 0.369 e. The minimum absolute atomic E-state index is 0.112. The minimum atomic E-state index is -0.146. The van der Waals surface area contributed by atoms with E-state index in [9.17, 15) is 9.59 Å². The maximum Gasteiger partial charge on any atom is 0.256 e. The van der Waals surface area contributed by atoms with Crippen molar-refractivity contribution in [1.29, 1.82) is 0 Å². The van der Waals surface area contributed by atoms with Crippen LogP contribution in [0.2, 0.25) is 0 Å². The molecule has 2 heterocycles. The van der Waals surface area contributed by atoms with Crippen LogP contribution >= 0.6 is 11.8 Å². The van der Waals surface area contributed by atoms with E-state index in [4.69, 9.17) is 0 Å². The van der Waals surface area contributed by atoms with Gasteiger partial charge in [0.05, 0.1) is 11.3 Å². The molecule has 186 valence electrons. The molecule has 1 saturated heterocycles. The fraction of sp³-hybridized carbons (Fsp3) is 0.310. The quantitative estimate of drug-likeness (QED) is 0.452. The van der Waals surface area contributed by atoms with E-state index in [0.29, 0.717) is 23.4 Å². The summed E-state index contributed by atoms with van der Waals surface area (Å²) >= 11 is 1.54. The average Bonchev–Trinajstić information content (AvgIpc) is 3.06. The first-order valence-electron chi connectivity index (χ1n) is 12.7. The molecule has 2 aliphatic rings. The molecular formula is C29H32N4O2S. The van der Waals surface area contributed by atoms with Crippen molar-refractivity contribution in [3.05, 3.63) is 83.4 Å². The number of aryl methyl sites for hydroxylation is 1. The Labute approximate surface area is 217 Å². The highest BCUT2D eigenvalue weighted by atomic mass is 32.2. The molecule has 0 atom stereocenters. The predicted octanol–water partition coefficient (Wildman–Crippen LogP) is 4.91. The standard InChI is InChI=1S/C29H32N4O2S/c1-2-21-8-11-23(12-9-21)33-18-16-32(17-19-33)15-5-14-30-28(34)22-10-13-27-25(20-22)31-29(35)24-6-3-4-7-26(24)36-27/h3-4,6-13,20H,2,5,14-19H2,1H3,(H,30,34)(H,31,35). The smallest absolute Gasteiger partial charge is 0.256 e. The highest BCUT2D eigenvalue weighted by Gasteiger charge is 2.21. The van der Waals surface area contributed by atoms with E-state index in [2.05, 4.69) is 51.6 Å². The fourth-order valence-corrected chi connectivity index (χ4v) is 5.70. The summed E-state index contributed by atoms with van der Waals surface area (Å²) < 4.78 is 0. The van der Waals surface area contributed by atoms with Crippen molar-refractivity contribution in [2.75, 3.05) is 49.5 Å². The van der Waals surface area contributed by atoms with Crippen LogP contribution in [0.5, 0.6) is 0 Å². The first kappa shape index (κ1) is 24.4. The van der Waals surface area contributed by atoms with Crippen LogP contribution in [-0.2, 0) is 6.42 Å². The molecule has 7 heteroatoms. The number of carbonyl (C=O) groups is 2. The second-order valence-corrected chi connectivity index (χ2v) is 10.3. The Bertz CT molecular complexity index is 1240. The fourth-order valence-electron chi connectivity index (χ4n) is 4.69. The topological polar surface area (TPSA) is 64.7 Å². The lowest BCUT2D eigenvalue weighted by Crippen LogP contribution is -2.47. The lowest BCUT2D eigenvalue weighted by Gasteiger charge is -2.36. The van der Waals surface area contributed by atoms with E-state index < -0.39 is 0 Å². The number of rotatable bonds is 7. The van der Waals surface area contributed by atoms with Crippen molar-refractivity contribution in [1.82, 2.24) is 10.2 Å². The van der Waals surface area contributed by atoms with E-state index in [1.165, 1.54) is 11.3 Å². The van der Waals surface area contributed by atoms with Crippen LogP contribution in [0.25, 0.3) is 0 Å². The highest BCUT2D eigenvalue weighted by Crippen LogP contribution is 2.39. The summed E-state index contributed by atoms with van der Waals surface area (Å²) in [7, 11) is 0. The van der Waals surface area contributed by atoms with Crippen molar-refractivity contribution in [3.63, 3.8) is 0 Å². The molecule has 0 saturated carbocycles. The second-order valence-electron chi connectivity index (χ2n) is 9.22. The Balaban J connectivity index is 1.08. The maximum atomic E-state index is 12.8. The Hall–Kier alpha value is -3.29. The van der Waals surface area contributed by atoms with Crippen LogP contribution < -0.4 is 15.5 Å². The summed E-state index contributed by atoms with van der Waals surface area (Å²) in [5.41, 5.74) is 4.57. The Morgan fingerprint density at radius 3 is 2.53 bits per heavy atom. The molecule has 0 aliphatic carbocycles. The highest BCUT2D eigenvalue weighted by molar-refractivity contribution is 7.99. The number of anilines is 2. The summed E-state index contributed by atoms with van der Waals surface area (Å²) in [6.45, 7) is 7.91. The molecule has 3 aromatic rings. The van der Waals surface area contributed by atoms with Crippen LogP contribution in [-0.4, -0.2) is 56.0 Å². The van der Waals surface area contributed by atoms with E-state index in [-0.39, 0.29) is 11.8 Å². The summed E-state index contributed by atoms with van der Waals surface area (Å²) in [5.74, 6) is -0.258. The van der Waals surface area contributed by atoms with Crippen LogP contribution in [0.15, 0.2) is 76.5 Å². The van der Waals surface area contributed by atoms with Crippen LogP contribution in [0.4, 0.5) is 11.4 Å². The lowest BCUT2D eigenvalue weighted by atomic mass is 10.1. The van der Waals surface area contributed by atoms with Crippen molar-refractivity contribution in [3.8, 4) is 0 Å². The summed E-state index contributed by atoms with van der Waals surface area (Å²) in [5, 5.41) is 5.99. The van der Waals surface area contributed by atoms with Crippen LogP contribution in [0.3, 0.4) is 0 Å². The number of hydrogen-bond donors (Lipinski definition) is 2. The molecule has 36 heavy (non-hydrogen) atoms. The normalized spacial score (nSPS) is 15.5. The van der Waals surface area contributed by atoms with Gasteiger partial charge in [-0.1, -0.05) is 43.0 Å². The van der Waals surface area contributed by atoms with Gasteiger partial charge in [0.2, 0.25) is 0 Å². The van der Waals surface area contributed by atoms with Gasteiger partial charge >= 0.3 is 0 Å². The third-order valence-corrected chi connectivity index (χ3v) is 8.01. The summed E-state index contributed by atoms with van der Waals surface area (Å²) in [6, 6.07) is 22.0. The number of nitrogens with one attached hydrogen (secondary N) is 2. The average molecular weight is 501 g/mol. The molecule has 2 aliphatic heterocycles. The number of benzene rings is 3. The molecule has 0 unspecified atom stereocenters. The van der Waals surface area contributed by atoms with Gasteiger partial charge in [-0.05, 0) is 67.4 Å². The zero-order chi connectivity index (χ0) is 24.9. The third-order valence-electron chi connectivity index (χ3n) is 6.86. The molecule has 0 bridgehead atoms. The SMILES string of the molecule is CCc1ccc(N2CCN(CCCNC(=O)c3ccc4c(c3)NC(=O)c3ccccc3S4)CC2)cc1. The number of carbonyl (C=O) groups excluding carboxylic acids is 2. The van der Waals surface area contributed by atoms with Gasteiger partial charge in [0.25, 0.3) is 11.8 Å². The van der Waals surface area contributed by atoms with E-state index in [1.807, 2.05) is 36.4 Å². The van der Waals surface area contributed by atoms with Gasteiger partial charge in [-0.3, -0.25) is 14.5 Å². The van der Waals surface area contributed by atoms with Crippen LogP contribution in [0, 0.1) is 0 Å². The van der Waals surface area contributed by atoms with Crippen molar-refractivity contribution in [2.24, 2.45) is 0 Å². The second kappa shape index (κ2) is 11.2. The molecule has 2 N–H and O–H groups in total. The zero-order valence-electron chi connectivity index (χ0n) is 20.6. The molecular weight excluding hydrogens is 468 g/mol. The van der Waals surface area contributed by atoms with E-state index >= 15 is 0 Å². The number of hydrogen-bond acceptors (Lipinski definition) is 5. The van der Waals surface area contributed by atoms with Crippen molar-refractivity contribution < 1.29 is 9.59 Å². The van der Waals surface area contributed by atoms with Gasteiger partial charge in [-0.2, -0.15) is 0 Å². The third kappa shape index (κ3) is 5.58.